The van der Waals surface area contributed by atoms with Crippen LogP contribution in [0.3, 0.4) is 0 Å². The smallest absolute Gasteiger partial charge is 0.190 e. The van der Waals surface area contributed by atoms with Crippen LogP contribution in [-0.2, 0) is 35.0 Å². The lowest BCUT2D eigenvalue weighted by atomic mass is 9.94. The predicted molar refractivity (Wildman–Crippen MR) is 137 cm³/mol. The Kier molecular flexibility index (Phi) is 8.08. The van der Waals surface area contributed by atoms with Crippen molar-refractivity contribution in [2.45, 2.75) is 139 Å². The first-order valence-corrected chi connectivity index (χ1v) is 14.8. The molecule has 7 nitrogen and oxygen atoms in total. The Labute approximate surface area is 221 Å². The summed E-state index contributed by atoms with van der Waals surface area (Å²) in [5, 5.41) is 0. The second-order valence-electron chi connectivity index (χ2n) is 11.6. The molecule has 206 valence electrons. The molecule has 5 fully saturated rings. The third-order valence-corrected chi connectivity index (χ3v) is 8.75. The molecule has 2 saturated carbocycles. The van der Waals surface area contributed by atoms with Gasteiger partial charge in [0.05, 0.1) is 19.8 Å². The summed E-state index contributed by atoms with van der Waals surface area (Å²) in [5.74, 6) is -0.0643. The number of fused-ring (bicyclic) bond motifs is 1. The van der Waals surface area contributed by atoms with E-state index in [1.54, 1.807) is 0 Å². The normalized spacial score (nSPS) is 34.2. The Morgan fingerprint density at radius 1 is 0.811 bits per heavy atom. The van der Waals surface area contributed by atoms with Gasteiger partial charge in [-0.2, -0.15) is 0 Å². The number of unbranched alkanes of at least 4 members (excludes halogenated alkanes) is 2. The monoisotopic (exact) mass is 516 g/mol. The molecule has 0 bridgehead atoms. The zero-order valence-corrected chi connectivity index (χ0v) is 22.4. The van der Waals surface area contributed by atoms with Crippen molar-refractivity contribution in [3.05, 3.63) is 29.8 Å². The summed E-state index contributed by atoms with van der Waals surface area (Å²) in [6, 6.07) is 8.22. The molecule has 0 unspecified atom stereocenters. The summed E-state index contributed by atoms with van der Waals surface area (Å²) in [7, 11) is 0. The molecule has 0 aromatic heterocycles. The molecule has 2 aliphatic carbocycles. The van der Waals surface area contributed by atoms with Gasteiger partial charge in [0.1, 0.15) is 30.2 Å². The minimum absolute atomic E-state index is 0.179. The molecule has 1 aromatic carbocycles. The summed E-state index contributed by atoms with van der Waals surface area (Å²) in [6.45, 7) is 3.96. The lowest BCUT2D eigenvalue weighted by Gasteiger charge is -2.35. The van der Waals surface area contributed by atoms with Crippen LogP contribution in [0.25, 0.3) is 0 Å². The molecule has 37 heavy (non-hydrogen) atoms. The van der Waals surface area contributed by atoms with Gasteiger partial charge < -0.3 is 33.2 Å². The third kappa shape index (κ3) is 5.73. The van der Waals surface area contributed by atoms with Gasteiger partial charge in [-0.1, -0.05) is 44.7 Å². The number of hydrogen-bond acceptors (Lipinski definition) is 7. The second kappa shape index (κ2) is 11.5. The average molecular weight is 517 g/mol. The number of hydrogen-bond donors (Lipinski definition) is 0. The van der Waals surface area contributed by atoms with E-state index in [0.29, 0.717) is 13.2 Å². The Morgan fingerprint density at radius 2 is 1.54 bits per heavy atom. The molecule has 3 saturated heterocycles. The highest BCUT2D eigenvalue weighted by Crippen LogP contribution is 2.48. The molecule has 6 rings (SSSR count). The maximum atomic E-state index is 6.64. The molecule has 0 radical (unpaired) electrons. The highest BCUT2D eigenvalue weighted by atomic mass is 16.9. The lowest BCUT2D eigenvalue weighted by Crippen LogP contribution is -2.45. The molecule has 2 spiro atoms. The highest BCUT2D eigenvalue weighted by molar-refractivity contribution is 5.27. The van der Waals surface area contributed by atoms with Gasteiger partial charge in [0, 0.05) is 25.7 Å². The lowest BCUT2D eigenvalue weighted by molar-refractivity contribution is -0.263. The zero-order valence-electron chi connectivity index (χ0n) is 22.4. The fraction of sp³-hybridized carbons (Fsp3) is 0.800. The van der Waals surface area contributed by atoms with Gasteiger partial charge in [-0.15, -0.1) is 0 Å². The SMILES string of the molecule is CCCCCOc1ccc(CO[C@@H]2[C@H]3OC4(CCCCC4)O[C@H]3O[C@@H]2[C@H]2COC3(CCCCC3)O2)cc1. The number of ether oxygens (including phenoxy) is 7. The van der Waals surface area contributed by atoms with Crippen LogP contribution < -0.4 is 4.74 Å². The minimum atomic E-state index is -0.519. The van der Waals surface area contributed by atoms with Crippen molar-refractivity contribution >= 4 is 0 Å². The van der Waals surface area contributed by atoms with E-state index in [-0.39, 0.29) is 24.4 Å². The first-order chi connectivity index (χ1) is 18.2. The van der Waals surface area contributed by atoms with E-state index < -0.39 is 17.9 Å². The quantitative estimate of drug-likeness (QED) is 0.372. The Balaban J connectivity index is 1.11. The van der Waals surface area contributed by atoms with Crippen molar-refractivity contribution in [1.82, 2.24) is 0 Å². The predicted octanol–water partition coefficient (Wildman–Crippen LogP) is 6.02. The van der Waals surface area contributed by atoms with Crippen molar-refractivity contribution in [1.29, 1.82) is 0 Å². The van der Waals surface area contributed by atoms with Gasteiger partial charge in [-0.3, -0.25) is 0 Å². The van der Waals surface area contributed by atoms with Gasteiger partial charge in [0.2, 0.25) is 0 Å². The number of rotatable bonds is 9. The maximum absolute atomic E-state index is 6.64. The van der Waals surface area contributed by atoms with E-state index in [2.05, 4.69) is 19.1 Å². The average Bonchev–Trinajstić information content (AvgIpc) is 3.58. The molecule has 1 aromatic rings. The Hall–Kier alpha value is -1.22. The molecular formula is C30H44O7. The molecule has 3 heterocycles. The van der Waals surface area contributed by atoms with Crippen molar-refractivity contribution in [2.24, 2.45) is 0 Å². The van der Waals surface area contributed by atoms with Gasteiger partial charge in [-0.25, -0.2) is 0 Å². The molecule has 5 aliphatic rings. The molecular weight excluding hydrogens is 472 g/mol. The summed E-state index contributed by atoms with van der Waals surface area (Å²) in [4.78, 5) is 0. The Morgan fingerprint density at radius 3 is 2.27 bits per heavy atom. The van der Waals surface area contributed by atoms with Crippen LogP contribution >= 0.6 is 0 Å². The molecule has 3 aliphatic heterocycles. The van der Waals surface area contributed by atoms with Crippen LogP contribution in [0.15, 0.2) is 24.3 Å². The summed E-state index contributed by atoms with van der Waals surface area (Å²) in [6.07, 6.45) is 12.9. The fourth-order valence-corrected chi connectivity index (χ4v) is 6.68. The standard InChI is InChI=1S/C30H44O7/c1-2-3-10-19-31-23-13-11-22(12-14-23)20-32-26-25(24-21-33-29(35-24)15-6-4-7-16-29)34-28-27(26)36-30(37-28)17-8-5-9-18-30/h11-14,24-28H,2-10,15-21H2,1H3/t24-,25-,26+,27-,28-/m1/s1. The zero-order chi connectivity index (χ0) is 25.1. The van der Waals surface area contributed by atoms with E-state index in [1.807, 2.05) is 12.1 Å². The summed E-state index contributed by atoms with van der Waals surface area (Å²) < 4.78 is 44.9. The first-order valence-electron chi connectivity index (χ1n) is 14.8. The van der Waals surface area contributed by atoms with E-state index in [9.17, 15) is 0 Å². The van der Waals surface area contributed by atoms with Crippen molar-refractivity contribution in [3.63, 3.8) is 0 Å². The van der Waals surface area contributed by atoms with Crippen LogP contribution in [0.2, 0.25) is 0 Å². The topological polar surface area (TPSA) is 64.6 Å². The Bertz CT molecular complexity index is 861. The van der Waals surface area contributed by atoms with E-state index in [1.165, 1.54) is 25.7 Å². The molecule has 0 amide bonds. The second-order valence-corrected chi connectivity index (χ2v) is 11.6. The molecule has 0 N–H and O–H groups in total. The fourth-order valence-electron chi connectivity index (χ4n) is 6.68. The largest absolute Gasteiger partial charge is 0.494 e. The summed E-state index contributed by atoms with van der Waals surface area (Å²) >= 11 is 0. The van der Waals surface area contributed by atoms with Gasteiger partial charge in [0.25, 0.3) is 0 Å². The number of benzene rings is 1. The van der Waals surface area contributed by atoms with Crippen molar-refractivity contribution in [2.75, 3.05) is 13.2 Å². The first kappa shape index (κ1) is 26.0. The molecule has 5 atom stereocenters. The van der Waals surface area contributed by atoms with Crippen LogP contribution in [-0.4, -0.2) is 55.5 Å². The van der Waals surface area contributed by atoms with E-state index in [0.717, 1.165) is 75.7 Å². The van der Waals surface area contributed by atoms with Crippen LogP contribution in [0.1, 0.15) is 96.0 Å². The van der Waals surface area contributed by atoms with Crippen molar-refractivity contribution < 1.29 is 33.2 Å². The van der Waals surface area contributed by atoms with Gasteiger partial charge in [0.15, 0.2) is 17.9 Å². The van der Waals surface area contributed by atoms with Crippen LogP contribution in [0.4, 0.5) is 0 Å². The third-order valence-electron chi connectivity index (χ3n) is 8.75. The van der Waals surface area contributed by atoms with Crippen LogP contribution in [0, 0.1) is 0 Å². The van der Waals surface area contributed by atoms with Crippen LogP contribution in [0.5, 0.6) is 5.75 Å². The minimum Gasteiger partial charge on any atom is -0.494 e. The maximum Gasteiger partial charge on any atom is 0.190 e. The highest BCUT2D eigenvalue weighted by Gasteiger charge is 2.61. The van der Waals surface area contributed by atoms with Crippen molar-refractivity contribution in [3.8, 4) is 5.75 Å². The molecule has 7 heteroatoms. The van der Waals surface area contributed by atoms with E-state index in [4.69, 9.17) is 33.2 Å². The van der Waals surface area contributed by atoms with E-state index >= 15 is 0 Å². The van der Waals surface area contributed by atoms with Gasteiger partial charge in [-0.05, 0) is 49.8 Å². The van der Waals surface area contributed by atoms with Gasteiger partial charge >= 0.3 is 0 Å². The summed E-state index contributed by atoms with van der Waals surface area (Å²) in [5.41, 5.74) is 1.10.